The Labute approximate surface area is 113 Å². The first kappa shape index (κ1) is 15.2. The summed E-state index contributed by atoms with van der Waals surface area (Å²) in [6, 6.07) is 3.51. The maximum atomic E-state index is 12.4. The normalized spacial score (nSPS) is 10.7. The summed E-state index contributed by atoms with van der Waals surface area (Å²) in [5.41, 5.74) is 0.530. The zero-order chi connectivity index (χ0) is 14.4. The van der Waals surface area contributed by atoms with Crippen molar-refractivity contribution in [1.82, 2.24) is 14.4 Å². The minimum absolute atomic E-state index is 0.240. The maximum absolute atomic E-state index is 12.4. The fraction of sp³-hybridized carbons (Fsp3) is 0.538. The zero-order valence-corrected chi connectivity index (χ0v) is 11.7. The highest BCUT2D eigenvalue weighted by atomic mass is 16.4. The van der Waals surface area contributed by atoms with Crippen LogP contribution >= 0.6 is 0 Å². The number of carbonyl (C=O) groups excluding carboxylic acids is 1. The molecular weight excluding hydrogens is 246 g/mol. The van der Waals surface area contributed by atoms with Gasteiger partial charge in [0.05, 0.1) is 0 Å². The second kappa shape index (κ2) is 6.94. The zero-order valence-electron chi connectivity index (χ0n) is 11.7. The first-order chi connectivity index (χ1) is 8.95. The third kappa shape index (κ3) is 4.40. The predicted molar refractivity (Wildman–Crippen MR) is 72.2 cm³/mol. The molecule has 0 radical (unpaired) electrons. The van der Waals surface area contributed by atoms with Crippen molar-refractivity contribution in [2.24, 2.45) is 0 Å². The van der Waals surface area contributed by atoms with E-state index in [-0.39, 0.29) is 12.5 Å². The molecule has 1 rings (SSSR count). The minimum Gasteiger partial charge on any atom is -0.480 e. The van der Waals surface area contributed by atoms with Crippen molar-refractivity contribution in [3.8, 4) is 0 Å². The van der Waals surface area contributed by atoms with E-state index in [1.165, 1.54) is 4.90 Å². The van der Waals surface area contributed by atoms with Gasteiger partial charge in [-0.15, -0.1) is 0 Å². The first-order valence-electron chi connectivity index (χ1n) is 6.26. The van der Waals surface area contributed by atoms with Crippen molar-refractivity contribution in [2.75, 3.05) is 33.7 Å². The number of hydrogen-bond acceptors (Lipinski definition) is 3. The van der Waals surface area contributed by atoms with Gasteiger partial charge in [0.1, 0.15) is 12.2 Å². The van der Waals surface area contributed by atoms with Crippen molar-refractivity contribution in [2.45, 2.75) is 13.5 Å². The summed E-state index contributed by atoms with van der Waals surface area (Å²) in [6.45, 7) is 3.38. The van der Waals surface area contributed by atoms with Crippen LogP contribution in [0.3, 0.4) is 0 Å². The second-order valence-electron chi connectivity index (χ2n) is 4.60. The number of carboxylic acids is 1. The van der Waals surface area contributed by atoms with Crippen LogP contribution in [0.4, 0.5) is 0 Å². The average molecular weight is 267 g/mol. The van der Waals surface area contributed by atoms with Crippen LogP contribution in [0.2, 0.25) is 0 Å². The van der Waals surface area contributed by atoms with Crippen molar-refractivity contribution in [3.05, 3.63) is 24.0 Å². The Kier molecular flexibility index (Phi) is 5.57. The number of rotatable bonds is 7. The Morgan fingerprint density at radius 1 is 1.32 bits per heavy atom. The number of carbonyl (C=O) groups is 2. The van der Waals surface area contributed by atoms with Gasteiger partial charge < -0.3 is 19.5 Å². The third-order valence-electron chi connectivity index (χ3n) is 2.82. The molecule has 0 aromatic carbocycles. The Balaban J connectivity index is 2.84. The van der Waals surface area contributed by atoms with Crippen LogP contribution in [-0.4, -0.2) is 65.1 Å². The molecule has 6 heteroatoms. The molecule has 1 aromatic rings. The third-order valence-corrected chi connectivity index (χ3v) is 2.82. The van der Waals surface area contributed by atoms with E-state index < -0.39 is 5.97 Å². The highest BCUT2D eigenvalue weighted by Crippen LogP contribution is 2.07. The average Bonchev–Trinajstić information content (AvgIpc) is 2.81. The summed E-state index contributed by atoms with van der Waals surface area (Å²) in [7, 11) is 3.77. The molecule has 0 saturated heterocycles. The van der Waals surface area contributed by atoms with Gasteiger partial charge in [0.2, 0.25) is 0 Å². The Morgan fingerprint density at radius 3 is 2.53 bits per heavy atom. The van der Waals surface area contributed by atoms with Crippen LogP contribution in [0.25, 0.3) is 0 Å². The second-order valence-corrected chi connectivity index (χ2v) is 4.60. The Hall–Kier alpha value is -1.82. The summed E-state index contributed by atoms with van der Waals surface area (Å²) >= 11 is 0. The molecule has 0 atom stereocenters. The largest absolute Gasteiger partial charge is 0.480 e. The lowest BCUT2D eigenvalue weighted by Crippen LogP contribution is -2.40. The van der Waals surface area contributed by atoms with Crippen LogP contribution in [0.1, 0.15) is 17.4 Å². The number of nitrogens with zero attached hydrogens (tertiary/aromatic N) is 3. The maximum Gasteiger partial charge on any atom is 0.323 e. The van der Waals surface area contributed by atoms with Gasteiger partial charge in [-0.1, -0.05) is 0 Å². The van der Waals surface area contributed by atoms with E-state index in [0.717, 1.165) is 0 Å². The van der Waals surface area contributed by atoms with Crippen molar-refractivity contribution < 1.29 is 14.7 Å². The van der Waals surface area contributed by atoms with Crippen LogP contribution < -0.4 is 0 Å². The monoisotopic (exact) mass is 267 g/mol. The molecule has 0 aliphatic heterocycles. The van der Waals surface area contributed by atoms with E-state index >= 15 is 0 Å². The molecule has 1 amide bonds. The molecule has 1 heterocycles. The Bertz CT molecular complexity index is 440. The van der Waals surface area contributed by atoms with Gasteiger partial charge in [0.15, 0.2) is 0 Å². The van der Waals surface area contributed by atoms with Crippen molar-refractivity contribution in [1.29, 1.82) is 0 Å². The lowest BCUT2D eigenvalue weighted by atomic mass is 10.3. The van der Waals surface area contributed by atoms with Gasteiger partial charge in [-0.2, -0.15) is 0 Å². The molecule has 0 saturated carbocycles. The van der Waals surface area contributed by atoms with E-state index in [1.54, 1.807) is 12.1 Å². The molecule has 19 heavy (non-hydrogen) atoms. The van der Waals surface area contributed by atoms with E-state index in [1.807, 2.05) is 36.7 Å². The van der Waals surface area contributed by atoms with Gasteiger partial charge in [0, 0.05) is 25.8 Å². The fourth-order valence-electron chi connectivity index (χ4n) is 1.78. The minimum atomic E-state index is -0.998. The standard InChI is InChI=1S/C13H21N3O3/c1-4-15-7-5-6-11(15)13(19)16(10-12(17)18)9-8-14(2)3/h5-7H,4,8-10H2,1-3H3,(H,17,18). The fourth-order valence-corrected chi connectivity index (χ4v) is 1.78. The molecule has 106 valence electrons. The number of likely N-dealkylation sites (N-methyl/N-ethyl adjacent to an activating group) is 1. The molecule has 0 bridgehead atoms. The van der Waals surface area contributed by atoms with Crippen molar-refractivity contribution in [3.63, 3.8) is 0 Å². The molecule has 0 aliphatic carbocycles. The van der Waals surface area contributed by atoms with Crippen LogP contribution in [0.15, 0.2) is 18.3 Å². The van der Waals surface area contributed by atoms with Gasteiger partial charge in [-0.05, 0) is 33.2 Å². The molecule has 1 N–H and O–H groups in total. The Morgan fingerprint density at radius 2 is 2.00 bits per heavy atom. The molecular formula is C13H21N3O3. The number of hydrogen-bond donors (Lipinski definition) is 1. The van der Waals surface area contributed by atoms with Crippen LogP contribution in [-0.2, 0) is 11.3 Å². The van der Waals surface area contributed by atoms with Gasteiger partial charge >= 0.3 is 5.97 Å². The number of amides is 1. The van der Waals surface area contributed by atoms with E-state index in [0.29, 0.717) is 25.3 Å². The summed E-state index contributed by atoms with van der Waals surface area (Å²) in [5, 5.41) is 8.91. The van der Waals surface area contributed by atoms with Crippen molar-refractivity contribution >= 4 is 11.9 Å². The number of aromatic nitrogens is 1. The number of aliphatic carboxylic acids is 1. The predicted octanol–water partition coefficient (Wildman–Crippen LogP) is 0.596. The summed E-state index contributed by atoms with van der Waals surface area (Å²) in [6.07, 6.45) is 1.82. The van der Waals surface area contributed by atoms with Crippen LogP contribution in [0.5, 0.6) is 0 Å². The summed E-state index contributed by atoms with van der Waals surface area (Å²) in [4.78, 5) is 26.5. The highest BCUT2D eigenvalue weighted by Gasteiger charge is 2.20. The smallest absolute Gasteiger partial charge is 0.323 e. The van der Waals surface area contributed by atoms with E-state index in [9.17, 15) is 9.59 Å². The van der Waals surface area contributed by atoms with E-state index in [2.05, 4.69) is 0 Å². The SMILES string of the molecule is CCn1cccc1C(=O)N(CCN(C)C)CC(=O)O. The molecule has 0 aliphatic rings. The molecule has 6 nitrogen and oxygen atoms in total. The molecule has 0 unspecified atom stereocenters. The highest BCUT2D eigenvalue weighted by molar-refractivity contribution is 5.94. The van der Waals surface area contributed by atoms with Gasteiger partial charge in [0.25, 0.3) is 5.91 Å². The summed E-state index contributed by atoms with van der Waals surface area (Å²) in [5.74, 6) is -1.24. The lowest BCUT2D eigenvalue weighted by molar-refractivity contribution is -0.137. The quantitative estimate of drug-likeness (QED) is 0.785. The molecule has 0 fully saturated rings. The number of carboxylic acid groups (broad SMARTS) is 1. The first-order valence-corrected chi connectivity index (χ1v) is 6.26. The van der Waals surface area contributed by atoms with Crippen LogP contribution in [0, 0.1) is 0 Å². The van der Waals surface area contributed by atoms with Gasteiger partial charge in [-0.25, -0.2) is 0 Å². The number of aryl methyl sites for hydroxylation is 1. The van der Waals surface area contributed by atoms with E-state index in [4.69, 9.17) is 5.11 Å². The summed E-state index contributed by atoms with van der Waals surface area (Å²) < 4.78 is 1.81. The van der Waals surface area contributed by atoms with Gasteiger partial charge in [-0.3, -0.25) is 9.59 Å². The molecule has 1 aromatic heterocycles. The topological polar surface area (TPSA) is 65.8 Å². The molecule has 0 spiro atoms. The lowest BCUT2D eigenvalue weighted by Gasteiger charge is -2.23.